The van der Waals surface area contributed by atoms with Gasteiger partial charge in [-0.2, -0.15) is 0 Å². The van der Waals surface area contributed by atoms with E-state index in [1.165, 1.54) is 0 Å². The molecular formula is C8H9N3O. The predicted octanol–water partition coefficient (Wildman–Crippen LogP) is 1.05. The van der Waals surface area contributed by atoms with Gasteiger partial charge in [0.2, 0.25) is 5.88 Å². The van der Waals surface area contributed by atoms with Crippen molar-refractivity contribution in [2.75, 3.05) is 7.11 Å². The molecule has 2 rings (SSSR count). The van der Waals surface area contributed by atoms with E-state index in [2.05, 4.69) is 10.2 Å². The fourth-order valence-electron chi connectivity index (χ4n) is 1.18. The third kappa shape index (κ3) is 0.922. The first-order chi connectivity index (χ1) is 5.81. The van der Waals surface area contributed by atoms with Gasteiger partial charge >= 0.3 is 0 Å². The molecule has 4 nitrogen and oxygen atoms in total. The highest BCUT2D eigenvalue weighted by Gasteiger charge is 2.01. The number of ether oxygens (including phenoxy) is 1. The van der Waals surface area contributed by atoms with E-state index >= 15 is 0 Å². The van der Waals surface area contributed by atoms with Gasteiger partial charge in [-0.3, -0.25) is 4.40 Å². The van der Waals surface area contributed by atoms with E-state index in [-0.39, 0.29) is 0 Å². The summed E-state index contributed by atoms with van der Waals surface area (Å²) in [6.45, 7) is 2.00. The Morgan fingerprint density at radius 1 is 1.42 bits per heavy atom. The van der Waals surface area contributed by atoms with Crippen LogP contribution in [0.25, 0.3) is 5.65 Å². The Hall–Kier alpha value is -1.58. The normalized spacial score (nSPS) is 10.5. The number of nitrogens with zero attached hydrogens (tertiary/aromatic N) is 3. The molecule has 0 aromatic carbocycles. The Bertz CT molecular complexity index is 408. The third-order valence-electron chi connectivity index (χ3n) is 1.73. The molecule has 0 saturated carbocycles. The summed E-state index contributed by atoms with van der Waals surface area (Å²) in [5.41, 5.74) is 1.93. The molecule has 0 unspecified atom stereocenters. The number of aryl methyl sites for hydroxylation is 1. The summed E-state index contributed by atoms with van der Waals surface area (Å²) in [6, 6.07) is 3.89. The van der Waals surface area contributed by atoms with Crippen LogP contribution < -0.4 is 4.74 Å². The lowest BCUT2D eigenvalue weighted by atomic mass is 10.3. The minimum Gasteiger partial charge on any atom is -0.482 e. The Labute approximate surface area is 69.8 Å². The van der Waals surface area contributed by atoms with Crippen molar-refractivity contribution in [1.29, 1.82) is 0 Å². The van der Waals surface area contributed by atoms with Crippen LogP contribution in [0.5, 0.6) is 5.88 Å². The molecule has 0 aliphatic carbocycles. The molecule has 0 N–H and O–H groups in total. The van der Waals surface area contributed by atoms with Crippen LogP contribution >= 0.6 is 0 Å². The summed E-state index contributed by atoms with van der Waals surface area (Å²) in [7, 11) is 1.63. The van der Waals surface area contributed by atoms with Gasteiger partial charge in [0.05, 0.1) is 7.11 Å². The van der Waals surface area contributed by atoms with Crippen LogP contribution in [0.3, 0.4) is 0 Å². The summed E-state index contributed by atoms with van der Waals surface area (Å²) in [5, 5.41) is 7.71. The van der Waals surface area contributed by atoms with Crippen molar-refractivity contribution < 1.29 is 4.74 Å². The van der Waals surface area contributed by atoms with Crippen molar-refractivity contribution in [3.05, 3.63) is 24.0 Å². The van der Waals surface area contributed by atoms with Gasteiger partial charge < -0.3 is 4.74 Å². The maximum Gasteiger partial charge on any atom is 0.200 e. The molecule has 0 amide bonds. The minimum atomic E-state index is 0.759. The van der Waals surface area contributed by atoms with Gasteiger partial charge in [0, 0.05) is 6.07 Å². The molecule has 2 aromatic heterocycles. The van der Waals surface area contributed by atoms with E-state index in [1.54, 1.807) is 17.8 Å². The molecule has 4 heteroatoms. The zero-order valence-electron chi connectivity index (χ0n) is 6.98. The van der Waals surface area contributed by atoms with E-state index in [9.17, 15) is 0 Å². The van der Waals surface area contributed by atoms with Crippen LogP contribution in [-0.4, -0.2) is 21.7 Å². The lowest BCUT2D eigenvalue weighted by molar-refractivity contribution is 0.392. The minimum absolute atomic E-state index is 0.759. The number of fused-ring (bicyclic) bond motifs is 1. The lowest BCUT2D eigenvalue weighted by Gasteiger charge is -2.03. The fraction of sp³-hybridized carbons (Fsp3) is 0.250. The predicted molar refractivity (Wildman–Crippen MR) is 44.3 cm³/mol. The number of methoxy groups -OCH3 is 1. The molecule has 0 aliphatic heterocycles. The topological polar surface area (TPSA) is 39.4 Å². The molecule has 12 heavy (non-hydrogen) atoms. The largest absolute Gasteiger partial charge is 0.482 e. The Kier molecular flexibility index (Phi) is 1.46. The van der Waals surface area contributed by atoms with E-state index in [0.29, 0.717) is 0 Å². The number of pyridine rings is 1. The summed E-state index contributed by atoms with van der Waals surface area (Å²) >= 11 is 0. The van der Waals surface area contributed by atoms with Crippen LogP contribution in [0, 0.1) is 6.92 Å². The number of hydrogen-bond donors (Lipinski definition) is 0. The molecule has 0 bridgehead atoms. The number of aromatic nitrogens is 3. The van der Waals surface area contributed by atoms with E-state index < -0.39 is 0 Å². The Morgan fingerprint density at radius 3 is 3.00 bits per heavy atom. The molecule has 62 valence electrons. The zero-order chi connectivity index (χ0) is 8.55. The lowest BCUT2D eigenvalue weighted by Crippen LogP contribution is -1.93. The average molecular weight is 163 g/mol. The number of rotatable bonds is 1. The van der Waals surface area contributed by atoms with Crippen molar-refractivity contribution in [1.82, 2.24) is 14.6 Å². The highest BCUT2D eigenvalue weighted by molar-refractivity contribution is 5.43. The maximum absolute atomic E-state index is 5.15. The summed E-state index contributed by atoms with van der Waals surface area (Å²) in [4.78, 5) is 0. The Morgan fingerprint density at radius 2 is 2.25 bits per heavy atom. The van der Waals surface area contributed by atoms with Gasteiger partial charge in [0.1, 0.15) is 6.33 Å². The fourth-order valence-corrected chi connectivity index (χ4v) is 1.18. The summed E-state index contributed by atoms with van der Waals surface area (Å²) in [5.74, 6) is 0.759. The smallest absolute Gasteiger partial charge is 0.200 e. The second-order valence-corrected chi connectivity index (χ2v) is 2.63. The van der Waals surface area contributed by atoms with Crippen molar-refractivity contribution in [3.8, 4) is 5.88 Å². The molecule has 0 fully saturated rings. The molecule has 0 spiro atoms. The second-order valence-electron chi connectivity index (χ2n) is 2.63. The van der Waals surface area contributed by atoms with Crippen molar-refractivity contribution in [2.24, 2.45) is 0 Å². The van der Waals surface area contributed by atoms with Crippen LogP contribution in [0.4, 0.5) is 0 Å². The van der Waals surface area contributed by atoms with Crippen LogP contribution in [0.15, 0.2) is 18.5 Å². The highest BCUT2D eigenvalue weighted by Crippen LogP contribution is 2.14. The first kappa shape index (κ1) is 7.09. The van der Waals surface area contributed by atoms with Gasteiger partial charge in [-0.1, -0.05) is 0 Å². The molecule has 0 atom stereocenters. The zero-order valence-corrected chi connectivity index (χ0v) is 6.98. The van der Waals surface area contributed by atoms with Gasteiger partial charge in [-0.05, 0) is 18.6 Å². The number of hydrogen-bond acceptors (Lipinski definition) is 3. The SMILES string of the molecule is COc1cc(C)cc2nncn12. The molecule has 0 saturated heterocycles. The summed E-state index contributed by atoms with van der Waals surface area (Å²) in [6.07, 6.45) is 1.63. The third-order valence-corrected chi connectivity index (χ3v) is 1.73. The molecular weight excluding hydrogens is 154 g/mol. The van der Waals surface area contributed by atoms with Crippen molar-refractivity contribution in [3.63, 3.8) is 0 Å². The average Bonchev–Trinajstić information content (AvgIpc) is 2.50. The standard InChI is InChI=1S/C8H9N3O/c1-6-3-7-10-9-5-11(7)8(4-6)12-2/h3-5H,1-2H3. The van der Waals surface area contributed by atoms with E-state index in [4.69, 9.17) is 4.74 Å². The van der Waals surface area contributed by atoms with Crippen molar-refractivity contribution in [2.45, 2.75) is 6.92 Å². The van der Waals surface area contributed by atoms with E-state index in [0.717, 1.165) is 17.1 Å². The highest BCUT2D eigenvalue weighted by atomic mass is 16.5. The molecule has 2 heterocycles. The van der Waals surface area contributed by atoms with Crippen LogP contribution in [0.1, 0.15) is 5.56 Å². The van der Waals surface area contributed by atoms with Crippen LogP contribution in [0.2, 0.25) is 0 Å². The summed E-state index contributed by atoms with van der Waals surface area (Å²) < 4.78 is 6.95. The quantitative estimate of drug-likeness (QED) is 0.630. The van der Waals surface area contributed by atoms with Gasteiger partial charge in [-0.15, -0.1) is 10.2 Å². The monoisotopic (exact) mass is 163 g/mol. The van der Waals surface area contributed by atoms with E-state index in [1.807, 2.05) is 19.1 Å². The Balaban J connectivity index is 2.80. The van der Waals surface area contributed by atoms with Crippen molar-refractivity contribution >= 4 is 5.65 Å². The van der Waals surface area contributed by atoms with Gasteiger partial charge in [0.15, 0.2) is 5.65 Å². The second kappa shape index (κ2) is 2.48. The molecule has 0 radical (unpaired) electrons. The van der Waals surface area contributed by atoms with Gasteiger partial charge in [-0.25, -0.2) is 0 Å². The first-order valence-electron chi connectivity index (χ1n) is 3.65. The molecule has 0 aliphatic rings. The van der Waals surface area contributed by atoms with Crippen LogP contribution in [-0.2, 0) is 0 Å². The maximum atomic E-state index is 5.15. The molecule has 2 aromatic rings. The van der Waals surface area contributed by atoms with Gasteiger partial charge in [0.25, 0.3) is 0 Å². The first-order valence-corrected chi connectivity index (χ1v) is 3.65.